The Kier molecular flexibility index (Phi) is 24.5. The molecule has 0 atom stereocenters. The molecule has 46 heavy (non-hydrogen) atoms. The van der Waals surface area contributed by atoms with Crippen LogP contribution in [0, 0.1) is 0 Å². The summed E-state index contributed by atoms with van der Waals surface area (Å²) >= 11 is 0. The van der Waals surface area contributed by atoms with Gasteiger partial charge in [-0.25, -0.2) is 0 Å². The molecule has 0 radical (unpaired) electrons. The van der Waals surface area contributed by atoms with E-state index in [1.807, 2.05) is 66.6 Å². The summed E-state index contributed by atoms with van der Waals surface area (Å²) in [6.07, 6.45) is 0. The molecule has 1 aromatic heterocycles. The Balaban J connectivity index is -0.000000157. The van der Waals surface area contributed by atoms with Crippen molar-refractivity contribution in [3.05, 3.63) is 24.3 Å². The minimum Gasteiger partial charge on any atom is -0.418 e. The molecule has 0 amide bonds. The van der Waals surface area contributed by atoms with Gasteiger partial charge in [0.2, 0.25) is 0 Å². The molecule has 276 valence electrons. The van der Waals surface area contributed by atoms with Crippen LogP contribution >= 0.6 is 0 Å². The number of nitrogens with zero attached hydrogens (tertiary/aromatic N) is 5. The van der Waals surface area contributed by atoms with E-state index in [0.717, 1.165) is 17.0 Å². The smallest absolute Gasteiger partial charge is 0.418 e. The SMILES string of the molecule is CN(C)C(n1nnc2ccccc21)=[N+](C)C.F[B-](F)(F)F.F[B-](F)(F)F.F[B-](F)(F)F.F[B-](F)(F)F.F[B-](F)(F)F.F[B-](F)(F)F. The molecule has 0 aliphatic carbocycles. The second-order valence-electron chi connectivity index (χ2n) is 7.05. The van der Waals surface area contributed by atoms with Crippen LogP contribution in [0.15, 0.2) is 24.3 Å². The molecule has 0 aliphatic heterocycles. The fourth-order valence-electron chi connectivity index (χ4n) is 1.80. The summed E-state index contributed by atoms with van der Waals surface area (Å²) in [7, 11) is -28.0. The standard InChI is InChI=1S/C11H16N5.6BF4/c1-14(2)11(15(3)4)16-10-8-6-5-7-9(10)12-13-16;6*2-1(3,4)5/h5-8H,1-4H3;;;;;;/q+1;6*-1. The maximum absolute atomic E-state index is 9.75. The fourth-order valence-corrected chi connectivity index (χ4v) is 1.80. The van der Waals surface area contributed by atoms with E-state index in [1.54, 1.807) is 0 Å². The van der Waals surface area contributed by atoms with Crippen LogP contribution < -0.4 is 0 Å². The third kappa shape index (κ3) is 77.9. The summed E-state index contributed by atoms with van der Waals surface area (Å²) < 4.78 is 238. The van der Waals surface area contributed by atoms with E-state index >= 15 is 0 Å². The molecule has 0 aliphatic rings. The van der Waals surface area contributed by atoms with Crippen molar-refractivity contribution in [3.8, 4) is 0 Å². The maximum atomic E-state index is 9.75. The number of benzene rings is 1. The lowest BCUT2D eigenvalue weighted by Gasteiger charge is -2.10. The van der Waals surface area contributed by atoms with Gasteiger partial charge in [-0.15, -0.1) is 5.10 Å². The van der Waals surface area contributed by atoms with Gasteiger partial charge >= 0.3 is 49.5 Å². The summed E-state index contributed by atoms with van der Waals surface area (Å²) in [6, 6.07) is 7.93. The highest BCUT2D eigenvalue weighted by atomic mass is 19.5. The number of hydrogen-bond acceptors (Lipinski definition) is 2. The lowest BCUT2D eigenvalue weighted by Crippen LogP contribution is -2.36. The number of para-hydroxylation sites is 1. The zero-order chi connectivity index (χ0) is 38.7. The van der Waals surface area contributed by atoms with Gasteiger partial charge in [-0.1, -0.05) is 16.8 Å². The quantitative estimate of drug-likeness (QED) is 0.0899. The predicted molar refractivity (Wildman–Crippen MR) is 125 cm³/mol. The molecule has 5 nitrogen and oxygen atoms in total. The summed E-state index contributed by atoms with van der Waals surface area (Å²) in [6.45, 7) is 0. The maximum Gasteiger partial charge on any atom is 0.673 e. The number of hydrogen-bond donors (Lipinski definition) is 0. The van der Waals surface area contributed by atoms with Gasteiger partial charge in [0.15, 0.2) is 5.52 Å². The lowest BCUT2D eigenvalue weighted by molar-refractivity contribution is -0.472. The molecular weight excluding hydrogens is 723 g/mol. The van der Waals surface area contributed by atoms with Crippen molar-refractivity contribution >= 4 is 60.5 Å². The van der Waals surface area contributed by atoms with Gasteiger partial charge in [0, 0.05) is 5.21 Å². The van der Waals surface area contributed by atoms with E-state index in [1.165, 1.54) is 0 Å². The van der Waals surface area contributed by atoms with Gasteiger partial charge < -0.3 is 104 Å². The first-order chi connectivity index (χ1) is 19.6. The molecule has 0 saturated heterocycles. The minimum absolute atomic E-state index is 0.906. The van der Waals surface area contributed by atoms with Gasteiger partial charge in [0.25, 0.3) is 0 Å². The first kappa shape index (κ1) is 52.3. The van der Waals surface area contributed by atoms with Crippen LogP contribution in [0.3, 0.4) is 0 Å². The number of halogens is 24. The third-order valence-corrected chi connectivity index (χ3v) is 2.34. The van der Waals surface area contributed by atoms with E-state index in [4.69, 9.17) is 0 Å². The van der Waals surface area contributed by atoms with Crippen LogP contribution in [0.4, 0.5) is 104 Å². The van der Waals surface area contributed by atoms with Crippen LogP contribution in [0.25, 0.3) is 11.0 Å². The van der Waals surface area contributed by atoms with Gasteiger partial charge in [0.05, 0.1) is 28.2 Å². The van der Waals surface area contributed by atoms with Gasteiger partial charge in [-0.3, -0.25) is 9.48 Å². The first-order valence-electron chi connectivity index (χ1n) is 10.4. The molecule has 1 aromatic carbocycles. The second kappa shape index (κ2) is 21.6. The first-order valence-corrected chi connectivity index (χ1v) is 10.4. The molecule has 1 heterocycles. The summed E-state index contributed by atoms with van der Waals surface area (Å²) in [5.41, 5.74) is 1.92. The van der Waals surface area contributed by atoms with Crippen molar-refractivity contribution in [1.82, 2.24) is 19.9 Å². The van der Waals surface area contributed by atoms with E-state index < -0.39 is 43.5 Å². The lowest BCUT2D eigenvalue weighted by atomic mass is 10.3. The topological polar surface area (TPSA) is 37.0 Å². The zero-order valence-electron chi connectivity index (χ0n) is 22.6. The Labute approximate surface area is 242 Å². The Morgan fingerprint density at radius 1 is 0.522 bits per heavy atom. The van der Waals surface area contributed by atoms with Crippen molar-refractivity contribution in [1.29, 1.82) is 0 Å². The Hall–Kier alpha value is -3.20. The Morgan fingerprint density at radius 3 is 0.978 bits per heavy atom. The van der Waals surface area contributed by atoms with Crippen LogP contribution in [-0.2, 0) is 0 Å². The molecule has 0 saturated carbocycles. The number of rotatable bonds is 0. The van der Waals surface area contributed by atoms with Crippen molar-refractivity contribution in [2.75, 3.05) is 28.2 Å². The Morgan fingerprint density at radius 2 is 0.761 bits per heavy atom. The van der Waals surface area contributed by atoms with E-state index in [0.29, 0.717) is 0 Å². The largest absolute Gasteiger partial charge is 0.673 e. The molecule has 2 rings (SSSR count). The molecule has 2 aromatic rings. The summed E-state index contributed by atoms with van der Waals surface area (Å²) in [5, 5.41) is 8.33. The molecule has 0 spiro atoms. The molecular formula is C11H16B6F24N5-5. The highest BCUT2D eigenvalue weighted by Crippen LogP contribution is 2.11. The molecule has 0 unspecified atom stereocenters. The van der Waals surface area contributed by atoms with Gasteiger partial charge in [-0.2, -0.15) is 0 Å². The highest BCUT2D eigenvalue weighted by Gasteiger charge is 2.23. The van der Waals surface area contributed by atoms with Crippen LogP contribution in [0.2, 0.25) is 0 Å². The van der Waals surface area contributed by atoms with Crippen molar-refractivity contribution in [3.63, 3.8) is 0 Å². The summed E-state index contributed by atoms with van der Waals surface area (Å²) in [4.78, 5) is 2.02. The average Bonchev–Trinajstić information content (AvgIpc) is 3.03. The van der Waals surface area contributed by atoms with Crippen LogP contribution in [0.1, 0.15) is 0 Å². The van der Waals surface area contributed by atoms with E-state index in [-0.39, 0.29) is 0 Å². The monoisotopic (exact) mass is 740 g/mol. The van der Waals surface area contributed by atoms with Crippen molar-refractivity contribution in [2.45, 2.75) is 0 Å². The highest BCUT2D eigenvalue weighted by molar-refractivity contribution is 6.51. The van der Waals surface area contributed by atoms with Crippen LogP contribution in [0.5, 0.6) is 0 Å². The van der Waals surface area contributed by atoms with Gasteiger partial charge in [-0.05, 0) is 12.1 Å². The van der Waals surface area contributed by atoms with E-state index in [9.17, 15) is 104 Å². The predicted octanol–water partition coefficient (Wildman–Crippen LogP) is 8.27. The average molecular weight is 739 g/mol. The van der Waals surface area contributed by atoms with E-state index in [2.05, 4.69) is 10.3 Å². The van der Waals surface area contributed by atoms with Crippen molar-refractivity contribution < 1.29 is 108 Å². The minimum atomic E-state index is -6.00. The normalized spacial score (nSPS) is 11.5. The summed E-state index contributed by atoms with van der Waals surface area (Å²) in [5.74, 6) is 0.980. The zero-order valence-corrected chi connectivity index (χ0v) is 22.6. The molecule has 0 bridgehead atoms. The number of aromatic nitrogens is 3. The van der Waals surface area contributed by atoms with Gasteiger partial charge in [0.1, 0.15) is 5.52 Å². The second-order valence-corrected chi connectivity index (χ2v) is 7.05. The molecule has 0 fully saturated rings. The van der Waals surface area contributed by atoms with Crippen molar-refractivity contribution in [2.24, 2.45) is 0 Å². The molecule has 0 N–H and O–H groups in total. The Bertz CT molecular complexity index is 953. The number of fused-ring (bicyclic) bond motifs is 1. The van der Waals surface area contributed by atoms with Crippen LogP contribution in [-0.4, -0.2) is 102 Å². The molecule has 35 heteroatoms. The third-order valence-electron chi connectivity index (χ3n) is 2.34. The fraction of sp³-hybridized carbons (Fsp3) is 0.364.